The van der Waals surface area contributed by atoms with Crippen molar-refractivity contribution >= 4 is 17.7 Å². The molecule has 1 aromatic carbocycles. The maximum atomic E-state index is 13.6. The van der Waals surface area contributed by atoms with Crippen molar-refractivity contribution in [1.29, 1.82) is 0 Å². The van der Waals surface area contributed by atoms with E-state index in [1.54, 1.807) is 0 Å². The van der Waals surface area contributed by atoms with E-state index in [0.717, 1.165) is 42.6 Å². The highest BCUT2D eigenvalue weighted by Gasteiger charge is 2.12. The molecule has 0 bridgehead atoms. The first kappa shape index (κ1) is 14.6. The van der Waals surface area contributed by atoms with E-state index in [2.05, 4.69) is 15.3 Å². The van der Waals surface area contributed by atoms with E-state index in [-0.39, 0.29) is 15.9 Å². The first-order valence-corrected chi connectivity index (χ1v) is 6.81. The fraction of sp³-hybridized carbons (Fsp3) is 0.231. The fourth-order valence-electron chi connectivity index (χ4n) is 1.40. The second-order valence-corrected chi connectivity index (χ2v) is 4.98. The Bertz CT molecular complexity index is 607. The molecule has 0 amide bonds. The smallest absolute Gasteiger partial charge is 0.223 e. The lowest BCUT2D eigenvalue weighted by atomic mass is 10.3. The van der Waals surface area contributed by atoms with Crippen LogP contribution in [0.1, 0.15) is 13.3 Å². The molecule has 0 saturated carbocycles. The molecule has 7 heteroatoms. The number of halogens is 3. The highest BCUT2D eigenvalue weighted by molar-refractivity contribution is 7.99. The molecule has 1 heterocycles. The predicted molar refractivity (Wildman–Crippen MR) is 71.3 cm³/mol. The zero-order valence-corrected chi connectivity index (χ0v) is 11.5. The summed E-state index contributed by atoms with van der Waals surface area (Å²) in [5.74, 6) is -1.64. The van der Waals surface area contributed by atoms with E-state index in [9.17, 15) is 13.2 Å². The number of rotatable bonds is 5. The van der Waals surface area contributed by atoms with E-state index >= 15 is 0 Å². The molecule has 0 aliphatic carbocycles. The van der Waals surface area contributed by atoms with Crippen molar-refractivity contribution < 1.29 is 13.2 Å². The van der Waals surface area contributed by atoms with E-state index in [1.807, 2.05) is 6.92 Å². The number of nitrogens with one attached hydrogen (secondary N) is 1. The summed E-state index contributed by atoms with van der Waals surface area (Å²) in [4.78, 5) is 7.71. The summed E-state index contributed by atoms with van der Waals surface area (Å²) in [7, 11) is 0. The quantitative estimate of drug-likeness (QED) is 0.851. The molecule has 0 aliphatic rings. The van der Waals surface area contributed by atoms with Gasteiger partial charge in [-0.1, -0.05) is 18.7 Å². The topological polar surface area (TPSA) is 37.8 Å². The molecule has 2 rings (SSSR count). The zero-order chi connectivity index (χ0) is 14.5. The summed E-state index contributed by atoms with van der Waals surface area (Å²) in [5.41, 5.74) is 0. The Kier molecular flexibility index (Phi) is 4.84. The minimum absolute atomic E-state index is 0.0240. The van der Waals surface area contributed by atoms with Crippen molar-refractivity contribution in [3.8, 4) is 0 Å². The Hall–Kier alpha value is -1.76. The number of hydrogen-bond acceptors (Lipinski definition) is 4. The molecular formula is C13H12F3N3S. The zero-order valence-electron chi connectivity index (χ0n) is 10.7. The van der Waals surface area contributed by atoms with E-state index in [1.165, 1.54) is 0 Å². The van der Waals surface area contributed by atoms with Gasteiger partial charge in [0.15, 0.2) is 5.82 Å². The Labute approximate surface area is 118 Å². The summed E-state index contributed by atoms with van der Waals surface area (Å²) in [6.45, 7) is 2.61. The van der Waals surface area contributed by atoms with Crippen molar-refractivity contribution in [3.63, 3.8) is 0 Å². The van der Waals surface area contributed by atoms with Gasteiger partial charge in [0.25, 0.3) is 0 Å². The molecule has 0 saturated heterocycles. The first-order chi connectivity index (χ1) is 9.60. The van der Waals surface area contributed by atoms with Gasteiger partial charge in [0.05, 0.1) is 11.1 Å². The Balaban J connectivity index is 2.25. The second kappa shape index (κ2) is 6.60. The lowest BCUT2D eigenvalue weighted by Gasteiger charge is -2.07. The van der Waals surface area contributed by atoms with Crippen LogP contribution in [-0.2, 0) is 0 Å². The minimum atomic E-state index is -0.680. The van der Waals surface area contributed by atoms with Gasteiger partial charge in [-0.05, 0) is 24.6 Å². The average molecular weight is 299 g/mol. The van der Waals surface area contributed by atoms with E-state index in [0.29, 0.717) is 6.54 Å². The van der Waals surface area contributed by atoms with Crippen molar-refractivity contribution in [1.82, 2.24) is 9.97 Å². The number of benzene rings is 1. The first-order valence-electron chi connectivity index (χ1n) is 5.99. The van der Waals surface area contributed by atoms with Gasteiger partial charge >= 0.3 is 0 Å². The molecule has 1 aromatic heterocycles. The predicted octanol–water partition coefficient (Wildman–Crippen LogP) is 3.87. The lowest BCUT2D eigenvalue weighted by molar-refractivity contribution is 0.571. The van der Waals surface area contributed by atoms with E-state index < -0.39 is 17.5 Å². The molecule has 0 radical (unpaired) electrons. The van der Waals surface area contributed by atoms with Crippen LogP contribution >= 0.6 is 11.8 Å². The third-order valence-corrected chi connectivity index (χ3v) is 3.36. The molecular weight excluding hydrogens is 287 g/mol. The van der Waals surface area contributed by atoms with Crippen LogP contribution in [0.5, 0.6) is 0 Å². The highest BCUT2D eigenvalue weighted by atomic mass is 32.2. The summed E-state index contributed by atoms with van der Waals surface area (Å²) in [5, 5.41) is 2.85. The maximum Gasteiger partial charge on any atom is 0.223 e. The number of aromatic nitrogens is 2. The van der Waals surface area contributed by atoms with Crippen LogP contribution in [0, 0.1) is 17.5 Å². The van der Waals surface area contributed by atoms with Gasteiger partial charge in [0, 0.05) is 6.54 Å². The second-order valence-electron chi connectivity index (χ2n) is 3.95. The summed E-state index contributed by atoms with van der Waals surface area (Å²) >= 11 is 0.722. The number of anilines is 1. The molecule has 0 unspecified atom stereocenters. The number of nitrogens with zero attached hydrogens (tertiary/aromatic N) is 2. The normalized spacial score (nSPS) is 10.6. The monoisotopic (exact) mass is 299 g/mol. The van der Waals surface area contributed by atoms with Gasteiger partial charge in [-0.25, -0.2) is 23.1 Å². The molecule has 106 valence electrons. The van der Waals surface area contributed by atoms with Crippen LogP contribution in [0.3, 0.4) is 0 Å². The van der Waals surface area contributed by atoms with Crippen LogP contribution in [0.4, 0.5) is 19.1 Å². The molecule has 0 aliphatic heterocycles. The Morgan fingerprint density at radius 3 is 2.75 bits per heavy atom. The van der Waals surface area contributed by atoms with Crippen LogP contribution in [0.15, 0.2) is 34.3 Å². The van der Waals surface area contributed by atoms with Gasteiger partial charge in [-0.3, -0.25) is 0 Å². The molecule has 1 N–H and O–H groups in total. The Morgan fingerprint density at radius 1 is 1.20 bits per heavy atom. The van der Waals surface area contributed by atoms with Gasteiger partial charge < -0.3 is 5.32 Å². The van der Waals surface area contributed by atoms with Crippen LogP contribution < -0.4 is 5.32 Å². The average Bonchev–Trinajstić information content (AvgIpc) is 2.43. The van der Waals surface area contributed by atoms with Crippen LogP contribution in [0.25, 0.3) is 0 Å². The molecule has 0 atom stereocenters. The summed E-state index contributed by atoms with van der Waals surface area (Å²) in [6, 6.07) is 3.00. The third kappa shape index (κ3) is 3.63. The summed E-state index contributed by atoms with van der Waals surface area (Å²) in [6.07, 6.45) is 1.87. The van der Waals surface area contributed by atoms with Gasteiger partial charge in [-0.15, -0.1) is 0 Å². The molecule has 2 aromatic rings. The summed E-state index contributed by atoms with van der Waals surface area (Å²) < 4.78 is 40.2. The Morgan fingerprint density at radius 2 is 2.00 bits per heavy atom. The lowest BCUT2D eigenvalue weighted by Crippen LogP contribution is -2.05. The molecule has 3 nitrogen and oxygen atoms in total. The van der Waals surface area contributed by atoms with Crippen LogP contribution in [0.2, 0.25) is 0 Å². The highest BCUT2D eigenvalue weighted by Crippen LogP contribution is 2.31. The van der Waals surface area contributed by atoms with Crippen molar-refractivity contribution in [2.45, 2.75) is 23.3 Å². The molecule has 0 fully saturated rings. The fourth-order valence-corrected chi connectivity index (χ4v) is 2.23. The van der Waals surface area contributed by atoms with Crippen molar-refractivity contribution in [2.24, 2.45) is 0 Å². The SMILES string of the molecule is CCCNc1ncc(F)c(Sc2cc(F)ccc2F)n1. The van der Waals surface area contributed by atoms with Crippen molar-refractivity contribution in [3.05, 3.63) is 41.8 Å². The van der Waals surface area contributed by atoms with Crippen molar-refractivity contribution in [2.75, 3.05) is 11.9 Å². The maximum absolute atomic E-state index is 13.6. The van der Waals surface area contributed by atoms with Gasteiger partial charge in [0.2, 0.25) is 5.95 Å². The molecule has 20 heavy (non-hydrogen) atoms. The number of hydrogen-bond donors (Lipinski definition) is 1. The third-order valence-electron chi connectivity index (χ3n) is 2.34. The standard InChI is InChI=1S/C13H12F3N3S/c1-2-5-17-13-18-7-10(16)12(19-13)20-11-6-8(14)3-4-9(11)15/h3-4,6-7H,2,5H2,1H3,(H,17,18,19). The van der Waals surface area contributed by atoms with Crippen LogP contribution in [-0.4, -0.2) is 16.5 Å². The van der Waals surface area contributed by atoms with Gasteiger partial charge in [-0.2, -0.15) is 0 Å². The van der Waals surface area contributed by atoms with Gasteiger partial charge in [0.1, 0.15) is 16.7 Å². The molecule has 0 spiro atoms. The van der Waals surface area contributed by atoms with E-state index in [4.69, 9.17) is 0 Å². The minimum Gasteiger partial charge on any atom is -0.354 e. The largest absolute Gasteiger partial charge is 0.354 e.